The van der Waals surface area contributed by atoms with E-state index < -0.39 is 0 Å². The molecule has 3 heteroatoms. The Morgan fingerprint density at radius 1 is 1.21 bits per heavy atom. The van der Waals surface area contributed by atoms with Gasteiger partial charge in [-0.2, -0.15) is 0 Å². The first-order chi connectivity index (χ1) is 8.99. The van der Waals surface area contributed by atoms with Gasteiger partial charge in [0.15, 0.2) is 0 Å². The van der Waals surface area contributed by atoms with Crippen LogP contribution in [0, 0.1) is 11.8 Å². The van der Waals surface area contributed by atoms with Gasteiger partial charge in [-0.3, -0.25) is 4.90 Å². The number of benzene rings is 1. The van der Waals surface area contributed by atoms with Crippen LogP contribution in [0.25, 0.3) is 0 Å². The third-order valence-electron chi connectivity index (χ3n) is 4.01. The topological polar surface area (TPSA) is 29.3 Å². The Balaban J connectivity index is 2.28. The summed E-state index contributed by atoms with van der Waals surface area (Å²) in [4.78, 5) is 2.57. The van der Waals surface area contributed by atoms with Crippen molar-refractivity contribution in [2.24, 2.45) is 17.6 Å². The van der Waals surface area contributed by atoms with E-state index in [2.05, 4.69) is 65.9 Å². The van der Waals surface area contributed by atoms with Crippen molar-refractivity contribution in [1.82, 2.24) is 4.90 Å². The van der Waals surface area contributed by atoms with Crippen LogP contribution in [0.4, 0.5) is 0 Å². The van der Waals surface area contributed by atoms with Crippen LogP contribution in [0.1, 0.15) is 38.8 Å². The van der Waals surface area contributed by atoms with E-state index in [0.29, 0.717) is 6.04 Å². The van der Waals surface area contributed by atoms with Crippen LogP contribution < -0.4 is 5.73 Å². The van der Waals surface area contributed by atoms with Crippen LogP contribution in [0.2, 0.25) is 0 Å². The summed E-state index contributed by atoms with van der Waals surface area (Å²) in [6, 6.07) is 8.92. The van der Waals surface area contributed by atoms with E-state index in [0.717, 1.165) is 24.9 Å². The molecule has 0 saturated carbocycles. The summed E-state index contributed by atoms with van der Waals surface area (Å²) in [5.41, 5.74) is 7.62. The van der Waals surface area contributed by atoms with E-state index in [1.165, 1.54) is 16.5 Å². The minimum absolute atomic E-state index is 0.135. The predicted molar refractivity (Wildman–Crippen MR) is 85.1 cm³/mol. The fourth-order valence-corrected chi connectivity index (χ4v) is 3.99. The third kappa shape index (κ3) is 3.59. The number of hydrogen-bond acceptors (Lipinski definition) is 2. The van der Waals surface area contributed by atoms with E-state index in [-0.39, 0.29) is 6.04 Å². The van der Waals surface area contributed by atoms with Gasteiger partial charge in [-0.15, -0.1) is 0 Å². The molecule has 2 nitrogen and oxygen atoms in total. The van der Waals surface area contributed by atoms with Crippen LogP contribution >= 0.6 is 15.9 Å². The molecule has 0 aromatic heterocycles. The lowest BCUT2D eigenvalue weighted by molar-refractivity contribution is 0.0844. The van der Waals surface area contributed by atoms with Crippen LogP contribution in [0.3, 0.4) is 0 Å². The molecule has 4 unspecified atom stereocenters. The van der Waals surface area contributed by atoms with Gasteiger partial charge >= 0.3 is 0 Å². The number of halogens is 1. The highest BCUT2D eigenvalue weighted by Crippen LogP contribution is 2.34. The zero-order valence-corrected chi connectivity index (χ0v) is 13.7. The molecule has 0 spiro atoms. The van der Waals surface area contributed by atoms with Gasteiger partial charge in [-0.05, 0) is 36.8 Å². The van der Waals surface area contributed by atoms with Gasteiger partial charge < -0.3 is 5.73 Å². The standard InChI is InChI=1S/C16H25BrN2/c1-11-8-12(2)10-19(9-11)16(13(3)18)14-6-4-5-7-15(14)17/h4-7,11-13,16H,8-10,18H2,1-3H3. The fraction of sp³-hybridized carbons (Fsp3) is 0.625. The molecule has 0 bridgehead atoms. The Labute approximate surface area is 125 Å². The second-order valence-electron chi connectivity index (χ2n) is 6.23. The van der Waals surface area contributed by atoms with Crippen molar-refractivity contribution < 1.29 is 0 Å². The normalized spacial score (nSPS) is 28.1. The van der Waals surface area contributed by atoms with E-state index in [4.69, 9.17) is 5.73 Å². The number of hydrogen-bond donors (Lipinski definition) is 1. The van der Waals surface area contributed by atoms with E-state index >= 15 is 0 Å². The second-order valence-corrected chi connectivity index (χ2v) is 7.08. The van der Waals surface area contributed by atoms with E-state index in [1.54, 1.807) is 0 Å². The van der Waals surface area contributed by atoms with Crippen LogP contribution in [0.5, 0.6) is 0 Å². The molecule has 1 aliphatic rings. The lowest BCUT2D eigenvalue weighted by atomic mass is 9.88. The summed E-state index contributed by atoms with van der Waals surface area (Å²) in [6.07, 6.45) is 1.33. The van der Waals surface area contributed by atoms with E-state index in [1.807, 2.05) is 0 Å². The molecule has 1 aromatic carbocycles. The quantitative estimate of drug-likeness (QED) is 0.915. The highest BCUT2D eigenvalue weighted by Gasteiger charge is 2.31. The molecule has 19 heavy (non-hydrogen) atoms. The van der Waals surface area contributed by atoms with Crippen molar-refractivity contribution in [3.8, 4) is 0 Å². The maximum absolute atomic E-state index is 6.30. The number of nitrogens with zero attached hydrogens (tertiary/aromatic N) is 1. The van der Waals surface area contributed by atoms with E-state index in [9.17, 15) is 0 Å². The molecule has 1 aliphatic heterocycles. The maximum Gasteiger partial charge on any atom is 0.0507 e. The summed E-state index contributed by atoms with van der Waals surface area (Å²) < 4.78 is 1.17. The van der Waals surface area contributed by atoms with Gasteiger partial charge in [0.2, 0.25) is 0 Å². The first-order valence-corrected chi connectivity index (χ1v) is 8.02. The molecule has 0 radical (unpaired) electrons. The molecule has 4 atom stereocenters. The zero-order valence-electron chi connectivity index (χ0n) is 12.1. The van der Waals surface area contributed by atoms with Crippen molar-refractivity contribution in [2.45, 2.75) is 39.3 Å². The fourth-order valence-electron chi connectivity index (χ4n) is 3.47. The molecule has 1 saturated heterocycles. The van der Waals surface area contributed by atoms with Gasteiger partial charge in [0, 0.05) is 23.6 Å². The Bertz CT molecular complexity index is 409. The molecule has 106 valence electrons. The predicted octanol–water partition coefficient (Wildman–Crippen LogP) is 3.82. The Kier molecular flexibility index (Phi) is 5.04. The molecular weight excluding hydrogens is 300 g/mol. The summed E-state index contributed by atoms with van der Waals surface area (Å²) in [7, 11) is 0. The van der Waals surface area contributed by atoms with Gasteiger partial charge in [-0.1, -0.05) is 48.0 Å². The van der Waals surface area contributed by atoms with Crippen molar-refractivity contribution in [1.29, 1.82) is 0 Å². The van der Waals surface area contributed by atoms with Crippen molar-refractivity contribution >= 4 is 15.9 Å². The highest BCUT2D eigenvalue weighted by atomic mass is 79.9. The molecule has 1 fully saturated rings. The average Bonchev–Trinajstić information content (AvgIpc) is 2.30. The van der Waals surface area contributed by atoms with Crippen LogP contribution in [0.15, 0.2) is 28.7 Å². The summed E-state index contributed by atoms with van der Waals surface area (Å²) in [5, 5.41) is 0. The number of likely N-dealkylation sites (tertiary alicyclic amines) is 1. The molecule has 0 amide bonds. The summed E-state index contributed by atoms with van der Waals surface area (Å²) in [5.74, 6) is 1.51. The first kappa shape index (κ1) is 15.0. The molecule has 0 aliphatic carbocycles. The zero-order chi connectivity index (χ0) is 14.0. The van der Waals surface area contributed by atoms with Gasteiger partial charge in [0.25, 0.3) is 0 Å². The van der Waals surface area contributed by atoms with Gasteiger partial charge in [-0.25, -0.2) is 0 Å². The average molecular weight is 325 g/mol. The highest BCUT2D eigenvalue weighted by molar-refractivity contribution is 9.10. The van der Waals surface area contributed by atoms with Crippen molar-refractivity contribution in [3.63, 3.8) is 0 Å². The van der Waals surface area contributed by atoms with Crippen LogP contribution in [-0.4, -0.2) is 24.0 Å². The largest absolute Gasteiger partial charge is 0.326 e. The Morgan fingerprint density at radius 3 is 2.32 bits per heavy atom. The Morgan fingerprint density at radius 2 is 1.79 bits per heavy atom. The first-order valence-electron chi connectivity index (χ1n) is 7.23. The summed E-state index contributed by atoms with van der Waals surface area (Å²) in [6.45, 7) is 9.12. The SMILES string of the molecule is CC1CC(C)CN(C(c2ccccc2Br)C(C)N)C1. The van der Waals surface area contributed by atoms with Gasteiger partial charge in [0.1, 0.15) is 0 Å². The lowest BCUT2D eigenvalue weighted by Gasteiger charge is -2.42. The second kappa shape index (κ2) is 6.38. The Hall–Kier alpha value is -0.380. The van der Waals surface area contributed by atoms with Crippen molar-refractivity contribution in [3.05, 3.63) is 34.3 Å². The minimum Gasteiger partial charge on any atom is -0.326 e. The van der Waals surface area contributed by atoms with Crippen LogP contribution in [-0.2, 0) is 0 Å². The minimum atomic E-state index is 0.135. The third-order valence-corrected chi connectivity index (χ3v) is 4.73. The number of nitrogens with two attached hydrogens (primary N) is 1. The lowest BCUT2D eigenvalue weighted by Crippen LogP contribution is -2.46. The molecule has 1 aromatic rings. The number of rotatable bonds is 3. The smallest absolute Gasteiger partial charge is 0.0507 e. The molecule has 1 heterocycles. The number of piperidine rings is 1. The summed E-state index contributed by atoms with van der Waals surface area (Å²) >= 11 is 3.68. The molecular formula is C16H25BrN2. The maximum atomic E-state index is 6.30. The molecule has 2 rings (SSSR count). The van der Waals surface area contributed by atoms with Crippen molar-refractivity contribution in [2.75, 3.05) is 13.1 Å². The van der Waals surface area contributed by atoms with Gasteiger partial charge in [0.05, 0.1) is 6.04 Å². The monoisotopic (exact) mass is 324 g/mol. The molecule has 2 N–H and O–H groups in total.